The second-order valence-corrected chi connectivity index (χ2v) is 7.69. The number of fused-ring (bicyclic) bond motifs is 1. The van der Waals surface area contributed by atoms with Crippen molar-refractivity contribution in [2.45, 2.75) is 18.0 Å². The van der Waals surface area contributed by atoms with E-state index in [4.69, 9.17) is 0 Å². The van der Waals surface area contributed by atoms with Crippen LogP contribution in [0.25, 0.3) is 10.9 Å². The third kappa shape index (κ3) is 4.46. The predicted octanol–water partition coefficient (Wildman–Crippen LogP) is 5.10. The van der Waals surface area contributed by atoms with E-state index in [-0.39, 0.29) is 5.91 Å². The SMILES string of the molecule is O=C(CSc1cn(Cc2ccccc2)c2ccccc12)NCc1ccccc1. The summed E-state index contributed by atoms with van der Waals surface area (Å²) < 4.78 is 2.26. The molecule has 1 aromatic heterocycles. The van der Waals surface area contributed by atoms with Crippen molar-refractivity contribution in [1.29, 1.82) is 0 Å². The first-order chi connectivity index (χ1) is 13.8. The second kappa shape index (κ2) is 8.81. The lowest BCUT2D eigenvalue weighted by molar-refractivity contribution is -0.118. The monoisotopic (exact) mass is 386 g/mol. The molecule has 0 radical (unpaired) electrons. The van der Waals surface area contributed by atoms with Gasteiger partial charge in [-0.15, -0.1) is 11.8 Å². The lowest BCUT2D eigenvalue weighted by atomic mass is 10.2. The van der Waals surface area contributed by atoms with Crippen LogP contribution in [0.15, 0.2) is 96.0 Å². The Morgan fingerprint density at radius 2 is 1.46 bits per heavy atom. The number of rotatable bonds is 7. The number of benzene rings is 3. The summed E-state index contributed by atoms with van der Waals surface area (Å²) in [6.07, 6.45) is 2.16. The Labute approximate surface area is 169 Å². The first-order valence-electron chi connectivity index (χ1n) is 9.35. The van der Waals surface area contributed by atoms with Crippen LogP contribution in [-0.2, 0) is 17.9 Å². The predicted molar refractivity (Wildman–Crippen MR) is 116 cm³/mol. The first kappa shape index (κ1) is 18.4. The van der Waals surface area contributed by atoms with Gasteiger partial charge in [0.2, 0.25) is 5.91 Å². The van der Waals surface area contributed by atoms with Gasteiger partial charge in [-0.25, -0.2) is 0 Å². The van der Waals surface area contributed by atoms with E-state index in [0.29, 0.717) is 12.3 Å². The summed E-state index contributed by atoms with van der Waals surface area (Å²) in [4.78, 5) is 13.4. The van der Waals surface area contributed by atoms with Gasteiger partial charge in [-0.3, -0.25) is 4.79 Å². The van der Waals surface area contributed by atoms with Crippen LogP contribution in [0.3, 0.4) is 0 Å². The Balaban J connectivity index is 1.44. The highest BCUT2D eigenvalue weighted by molar-refractivity contribution is 8.00. The summed E-state index contributed by atoms with van der Waals surface area (Å²) in [5.74, 6) is 0.459. The van der Waals surface area contributed by atoms with Crippen LogP contribution in [-0.4, -0.2) is 16.2 Å². The van der Waals surface area contributed by atoms with Crippen LogP contribution in [0.4, 0.5) is 0 Å². The molecular weight excluding hydrogens is 364 g/mol. The Kier molecular flexibility index (Phi) is 5.78. The number of para-hydroxylation sites is 1. The summed E-state index contributed by atoms with van der Waals surface area (Å²) in [6.45, 7) is 1.39. The normalized spacial score (nSPS) is 10.9. The standard InChI is InChI=1S/C24H22N2OS/c27-24(25-15-19-9-3-1-4-10-19)18-28-23-17-26(16-20-11-5-2-6-12-20)22-14-8-7-13-21(22)23/h1-14,17H,15-16,18H2,(H,25,27). The van der Waals surface area contributed by atoms with E-state index in [1.807, 2.05) is 36.4 Å². The maximum atomic E-state index is 12.3. The van der Waals surface area contributed by atoms with E-state index in [9.17, 15) is 4.79 Å². The number of hydrogen-bond donors (Lipinski definition) is 1. The number of aromatic nitrogens is 1. The molecule has 0 aliphatic rings. The number of nitrogens with one attached hydrogen (secondary N) is 1. The fourth-order valence-corrected chi connectivity index (χ4v) is 4.15. The van der Waals surface area contributed by atoms with Crippen LogP contribution in [0, 0.1) is 0 Å². The zero-order valence-electron chi connectivity index (χ0n) is 15.5. The van der Waals surface area contributed by atoms with Crippen molar-refractivity contribution in [2.75, 3.05) is 5.75 Å². The lowest BCUT2D eigenvalue weighted by Crippen LogP contribution is -2.24. The molecule has 3 aromatic carbocycles. The highest BCUT2D eigenvalue weighted by atomic mass is 32.2. The minimum absolute atomic E-state index is 0.0498. The fourth-order valence-electron chi connectivity index (χ4n) is 3.23. The molecule has 4 aromatic rings. The van der Waals surface area contributed by atoms with Crippen LogP contribution >= 0.6 is 11.8 Å². The molecule has 0 bridgehead atoms. The molecule has 3 nitrogen and oxygen atoms in total. The molecule has 0 spiro atoms. The van der Waals surface area contributed by atoms with Crippen LogP contribution < -0.4 is 5.32 Å². The van der Waals surface area contributed by atoms with Gasteiger partial charge in [0.05, 0.1) is 5.75 Å². The van der Waals surface area contributed by atoms with Crippen molar-refractivity contribution in [3.05, 3.63) is 102 Å². The molecule has 140 valence electrons. The Morgan fingerprint density at radius 3 is 2.21 bits per heavy atom. The fraction of sp³-hybridized carbons (Fsp3) is 0.125. The Morgan fingerprint density at radius 1 is 0.821 bits per heavy atom. The summed E-state index contributed by atoms with van der Waals surface area (Å²) in [7, 11) is 0. The van der Waals surface area contributed by atoms with Gasteiger partial charge in [0, 0.05) is 35.1 Å². The number of amides is 1. The average molecular weight is 387 g/mol. The minimum Gasteiger partial charge on any atom is -0.351 e. The van der Waals surface area contributed by atoms with Gasteiger partial charge in [-0.05, 0) is 17.2 Å². The van der Waals surface area contributed by atoms with Gasteiger partial charge < -0.3 is 9.88 Å². The first-order valence-corrected chi connectivity index (χ1v) is 10.3. The molecule has 0 aliphatic heterocycles. The van der Waals surface area contributed by atoms with Gasteiger partial charge in [0.1, 0.15) is 0 Å². The van der Waals surface area contributed by atoms with E-state index in [0.717, 1.165) is 17.0 Å². The van der Waals surface area contributed by atoms with Crippen LogP contribution in [0.1, 0.15) is 11.1 Å². The van der Waals surface area contributed by atoms with E-state index in [1.165, 1.54) is 16.5 Å². The number of nitrogens with zero attached hydrogens (tertiary/aromatic N) is 1. The number of carbonyl (C=O) groups is 1. The van der Waals surface area contributed by atoms with E-state index in [2.05, 4.69) is 64.6 Å². The molecular formula is C24H22N2OS. The van der Waals surface area contributed by atoms with Crippen molar-refractivity contribution < 1.29 is 4.79 Å². The molecule has 4 heteroatoms. The van der Waals surface area contributed by atoms with Gasteiger partial charge in [-0.1, -0.05) is 78.9 Å². The molecule has 0 saturated carbocycles. The van der Waals surface area contributed by atoms with Crippen molar-refractivity contribution in [3.8, 4) is 0 Å². The molecule has 0 atom stereocenters. The molecule has 0 unspecified atom stereocenters. The average Bonchev–Trinajstić information content (AvgIpc) is 3.10. The summed E-state index contributed by atoms with van der Waals surface area (Å²) in [6, 6.07) is 28.8. The minimum atomic E-state index is 0.0498. The third-order valence-corrected chi connectivity index (χ3v) is 5.68. The summed E-state index contributed by atoms with van der Waals surface area (Å²) >= 11 is 1.59. The Bertz CT molecular complexity index is 1060. The summed E-state index contributed by atoms with van der Waals surface area (Å²) in [5, 5.41) is 4.19. The zero-order valence-corrected chi connectivity index (χ0v) is 16.4. The van der Waals surface area contributed by atoms with Gasteiger partial charge in [0.15, 0.2) is 0 Å². The largest absolute Gasteiger partial charge is 0.351 e. The van der Waals surface area contributed by atoms with Gasteiger partial charge >= 0.3 is 0 Å². The third-order valence-electron chi connectivity index (χ3n) is 4.64. The van der Waals surface area contributed by atoms with E-state index in [1.54, 1.807) is 11.8 Å². The molecule has 1 heterocycles. The lowest BCUT2D eigenvalue weighted by Gasteiger charge is -2.05. The van der Waals surface area contributed by atoms with Crippen molar-refractivity contribution in [1.82, 2.24) is 9.88 Å². The maximum absolute atomic E-state index is 12.3. The van der Waals surface area contributed by atoms with E-state index < -0.39 is 0 Å². The quantitative estimate of drug-likeness (QED) is 0.449. The molecule has 0 aliphatic carbocycles. The molecule has 4 rings (SSSR count). The highest BCUT2D eigenvalue weighted by Gasteiger charge is 2.11. The summed E-state index contributed by atoms with van der Waals surface area (Å²) in [5.41, 5.74) is 3.57. The Hall–Kier alpha value is -2.98. The van der Waals surface area contributed by atoms with Crippen LogP contribution in [0.2, 0.25) is 0 Å². The van der Waals surface area contributed by atoms with E-state index >= 15 is 0 Å². The van der Waals surface area contributed by atoms with Crippen molar-refractivity contribution in [2.24, 2.45) is 0 Å². The van der Waals surface area contributed by atoms with Crippen molar-refractivity contribution in [3.63, 3.8) is 0 Å². The van der Waals surface area contributed by atoms with Crippen LogP contribution in [0.5, 0.6) is 0 Å². The topological polar surface area (TPSA) is 34.0 Å². The second-order valence-electron chi connectivity index (χ2n) is 6.68. The highest BCUT2D eigenvalue weighted by Crippen LogP contribution is 2.30. The van der Waals surface area contributed by atoms with Gasteiger partial charge in [0.25, 0.3) is 0 Å². The van der Waals surface area contributed by atoms with Gasteiger partial charge in [-0.2, -0.15) is 0 Å². The maximum Gasteiger partial charge on any atom is 0.230 e. The molecule has 0 saturated heterocycles. The molecule has 0 fully saturated rings. The molecule has 1 amide bonds. The number of thioether (sulfide) groups is 1. The van der Waals surface area contributed by atoms with Crippen molar-refractivity contribution >= 4 is 28.6 Å². The smallest absolute Gasteiger partial charge is 0.230 e. The molecule has 1 N–H and O–H groups in total. The number of carbonyl (C=O) groups excluding carboxylic acids is 1. The molecule has 28 heavy (non-hydrogen) atoms. The zero-order chi connectivity index (χ0) is 19.2. The number of hydrogen-bond acceptors (Lipinski definition) is 2.